The van der Waals surface area contributed by atoms with Crippen LogP contribution in [-0.2, 0) is 6.18 Å². The molecule has 1 fully saturated rings. The molecule has 0 spiro atoms. The summed E-state index contributed by atoms with van der Waals surface area (Å²) >= 11 is 0. The summed E-state index contributed by atoms with van der Waals surface area (Å²) in [6.07, 6.45) is 0.304. The second-order valence-corrected chi connectivity index (χ2v) is 5.89. The van der Waals surface area contributed by atoms with Gasteiger partial charge in [0.15, 0.2) is 0 Å². The Morgan fingerprint density at radius 1 is 1.12 bits per heavy atom. The number of piperidine rings is 1. The van der Waals surface area contributed by atoms with Crippen LogP contribution in [0.25, 0.3) is 0 Å². The number of likely N-dealkylation sites (tertiary alicyclic amines) is 1. The van der Waals surface area contributed by atoms with Gasteiger partial charge in [-0.15, -0.1) is 0 Å². The lowest BCUT2D eigenvalue weighted by Gasteiger charge is -2.33. The molecule has 1 aromatic heterocycles. The molecule has 1 atom stereocenters. The molecule has 1 amide bonds. The Kier molecular flexibility index (Phi) is 4.92. The van der Waals surface area contributed by atoms with Crippen LogP contribution in [0, 0.1) is 0 Å². The first kappa shape index (κ1) is 17.3. The number of benzene rings is 1. The van der Waals surface area contributed by atoms with E-state index in [1.165, 1.54) is 12.1 Å². The molecule has 2 aromatic rings. The Hall–Kier alpha value is -2.57. The molecule has 132 valence electrons. The molecule has 0 unspecified atom stereocenters. The van der Waals surface area contributed by atoms with Gasteiger partial charge in [-0.2, -0.15) is 13.2 Å². The fourth-order valence-electron chi connectivity index (χ4n) is 2.81. The van der Waals surface area contributed by atoms with Crippen LogP contribution in [0.3, 0.4) is 0 Å². The van der Waals surface area contributed by atoms with Crippen LogP contribution in [0.15, 0.2) is 48.8 Å². The van der Waals surface area contributed by atoms with E-state index in [0.717, 1.165) is 25.0 Å². The van der Waals surface area contributed by atoms with Crippen LogP contribution in [-0.4, -0.2) is 35.0 Å². The summed E-state index contributed by atoms with van der Waals surface area (Å²) in [6.45, 7) is 0.970. The van der Waals surface area contributed by atoms with Crippen LogP contribution < -0.4 is 4.74 Å². The molecule has 0 saturated carbocycles. The van der Waals surface area contributed by atoms with E-state index < -0.39 is 11.7 Å². The van der Waals surface area contributed by atoms with Crippen LogP contribution in [0.5, 0.6) is 5.75 Å². The van der Waals surface area contributed by atoms with Crippen molar-refractivity contribution in [2.75, 3.05) is 13.1 Å². The van der Waals surface area contributed by atoms with Gasteiger partial charge in [0, 0.05) is 24.5 Å². The van der Waals surface area contributed by atoms with Gasteiger partial charge in [0.25, 0.3) is 5.91 Å². The lowest BCUT2D eigenvalue weighted by molar-refractivity contribution is -0.137. The Morgan fingerprint density at radius 3 is 2.44 bits per heavy atom. The molecule has 1 saturated heterocycles. The molecule has 0 N–H and O–H groups in total. The molecule has 0 aliphatic carbocycles. The number of rotatable bonds is 3. The molecule has 2 heterocycles. The van der Waals surface area contributed by atoms with Crippen molar-refractivity contribution in [1.29, 1.82) is 0 Å². The molecular formula is C18H17F3N2O2. The standard InChI is InChI=1S/C18H17F3N2O2/c19-18(20,21)14-5-3-13(4-6-14)17(24)23-11-1-2-16(12-23)25-15-7-9-22-10-8-15/h3-10,16H,1-2,11-12H2/t16-/m0/s1. The van der Waals surface area contributed by atoms with E-state index in [1.807, 2.05) is 0 Å². The number of hydrogen-bond donors (Lipinski definition) is 0. The summed E-state index contributed by atoms with van der Waals surface area (Å²) in [5.74, 6) is 0.403. The Bertz CT molecular complexity index is 717. The zero-order chi connectivity index (χ0) is 17.9. The first-order valence-corrected chi connectivity index (χ1v) is 7.97. The molecule has 3 rings (SSSR count). The number of ether oxygens (including phenoxy) is 1. The van der Waals surface area contributed by atoms with Crippen molar-refractivity contribution in [3.63, 3.8) is 0 Å². The molecule has 1 aromatic carbocycles. The van der Waals surface area contributed by atoms with Crippen LogP contribution in [0.4, 0.5) is 13.2 Å². The van der Waals surface area contributed by atoms with E-state index in [9.17, 15) is 18.0 Å². The predicted molar refractivity (Wildman–Crippen MR) is 85.2 cm³/mol. The number of alkyl halides is 3. The van der Waals surface area contributed by atoms with Gasteiger partial charge in [-0.1, -0.05) is 0 Å². The third-order valence-corrected chi connectivity index (χ3v) is 4.08. The molecule has 0 bridgehead atoms. The summed E-state index contributed by atoms with van der Waals surface area (Å²) in [7, 11) is 0. The highest BCUT2D eigenvalue weighted by molar-refractivity contribution is 5.94. The fraction of sp³-hybridized carbons (Fsp3) is 0.333. The highest BCUT2D eigenvalue weighted by atomic mass is 19.4. The number of halogens is 3. The van der Waals surface area contributed by atoms with E-state index in [1.54, 1.807) is 29.4 Å². The van der Waals surface area contributed by atoms with Crippen molar-refractivity contribution >= 4 is 5.91 Å². The first-order valence-electron chi connectivity index (χ1n) is 7.97. The molecular weight excluding hydrogens is 333 g/mol. The van der Waals surface area contributed by atoms with Crippen LogP contribution >= 0.6 is 0 Å². The summed E-state index contributed by atoms with van der Waals surface area (Å²) in [5, 5.41) is 0. The number of nitrogens with zero attached hydrogens (tertiary/aromatic N) is 2. The maximum atomic E-state index is 12.6. The topological polar surface area (TPSA) is 42.4 Å². The van der Waals surface area contributed by atoms with Crippen molar-refractivity contribution in [3.8, 4) is 5.75 Å². The third kappa shape index (κ3) is 4.29. The van der Waals surface area contributed by atoms with Crippen LogP contribution in [0.2, 0.25) is 0 Å². The van der Waals surface area contributed by atoms with Gasteiger partial charge >= 0.3 is 6.18 Å². The number of amides is 1. The van der Waals surface area contributed by atoms with E-state index in [0.29, 0.717) is 18.8 Å². The predicted octanol–water partition coefficient (Wildman–Crippen LogP) is 3.78. The molecule has 1 aliphatic heterocycles. The highest BCUT2D eigenvalue weighted by Crippen LogP contribution is 2.29. The minimum atomic E-state index is -4.41. The zero-order valence-corrected chi connectivity index (χ0v) is 13.4. The second kappa shape index (κ2) is 7.13. The van der Waals surface area contributed by atoms with Gasteiger partial charge in [-0.05, 0) is 49.2 Å². The average molecular weight is 350 g/mol. The molecule has 0 radical (unpaired) electrons. The Balaban J connectivity index is 1.65. The van der Waals surface area contributed by atoms with Gasteiger partial charge in [0.2, 0.25) is 0 Å². The number of hydrogen-bond acceptors (Lipinski definition) is 3. The quantitative estimate of drug-likeness (QED) is 0.846. The van der Waals surface area contributed by atoms with Gasteiger partial charge in [-0.3, -0.25) is 9.78 Å². The first-order chi connectivity index (χ1) is 11.9. The zero-order valence-electron chi connectivity index (χ0n) is 13.4. The van der Waals surface area contributed by atoms with Crippen molar-refractivity contribution < 1.29 is 22.7 Å². The average Bonchev–Trinajstić information content (AvgIpc) is 2.61. The lowest BCUT2D eigenvalue weighted by Crippen LogP contribution is -2.44. The van der Waals surface area contributed by atoms with Crippen LogP contribution in [0.1, 0.15) is 28.8 Å². The number of pyridine rings is 1. The minimum absolute atomic E-state index is 0.144. The van der Waals surface area contributed by atoms with E-state index in [2.05, 4.69) is 4.98 Å². The van der Waals surface area contributed by atoms with Gasteiger partial charge in [0.1, 0.15) is 11.9 Å². The Morgan fingerprint density at radius 2 is 1.80 bits per heavy atom. The van der Waals surface area contributed by atoms with E-state index in [4.69, 9.17) is 4.74 Å². The SMILES string of the molecule is O=C(c1ccc(C(F)(F)F)cc1)N1CCC[C@H](Oc2ccncc2)C1. The van der Waals surface area contributed by atoms with Crippen molar-refractivity contribution in [1.82, 2.24) is 9.88 Å². The van der Waals surface area contributed by atoms with Gasteiger partial charge in [-0.25, -0.2) is 0 Å². The Labute approximate surface area is 143 Å². The minimum Gasteiger partial charge on any atom is -0.488 e. The van der Waals surface area contributed by atoms with E-state index >= 15 is 0 Å². The third-order valence-electron chi connectivity index (χ3n) is 4.08. The van der Waals surface area contributed by atoms with E-state index in [-0.39, 0.29) is 17.6 Å². The molecule has 4 nitrogen and oxygen atoms in total. The fourth-order valence-corrected chi connectivity index (χ4v) is 2.81. The van der Waals surface area contributed by atoms with Crippen molar-refractivity contribution in [2.45, 2.75) is 25.1 Å². The summed E-state index contributed by atoms with van der Waals surface area (Å²) < 4.78 is 43.7. The van der Waals surface area contributed by atoms with Gasteiger partial charge < -0.3 is 9.64 Å². The number of aromatic nitrogens is 1. The second-order valence-electron chi connectivity index (χ2n) is 5.89. The monoisotopic (exact) mass is 350 g/mol. The molecule has 7 heteroatoms. The summed E-state index contributed by atoms with van der Waals surface area (Å²) in [4.78, 5) is 18.1. The summed E-state index contributed by atoms with van der Waals surface area (Å²) in [6, 6.07) is 7.80. The van der Waals surface area contributed by atoms with Crippen molar-refractivity contribution in [3.05, 3.63) is 59.9 Å². The summed E-state index contributed by atoms with van der Waals surface area (Å²) in [5.41, 5.74) is -0.515. The highest BCUT2D eigenvalue weighted by Gasteiger charge is 2.31. The largest absolute Gasteiger partial charge is 0.488 e. The van der Waals surface area contributed by atoms with Crippen molar-refractivity contribution in [2.24, 2.45) is 0 Å². The number of carbonyl (C=O) groups excluding carboxylic acids is 1. The number of carbonyl (C=O) groups is 1. The maximum Gasteiger partial charge on any atom is 0.416 e. The lowest BCUT2D eigenvalue weighted by atomic mass is 10.1. The smallest absolute Gasteiger partial charge is 0.416 e. The normalized spacial score (nSPS) is 18.0. The molecule has 1 aliphatic rings. The maximum absolute atomic E-state index is 12.6. The molecule has 25 heavy (non-hydrogen) atoms. The van der Waals surface area contributed by atoms with Gasteiger partial charge in [0.05, 0.1) is 12.1 Å².